The predicted octanol–water partition coefficient (Wildman–Crippen LogP) is 34.7. The van der Waals surface area contributed by atoms with Crippen molar-refractivity contribution in [1.82, 2.24) is 62.3 Å². The van der Waals surface area contributed by atoms with Gasteiger partial charge in [-0.2, -0.15) is 9.97 Å². The van der Waals surface area contributed by atoms with Crippen LogP contribution >= 0.6 is 0 Å². The van der Waals surface area contributed by atoms with Gasteiger partial charge in [0.2, 0.25) is 5.95 Å². The minimum absolute atomic E-state index is 0.576. The molecule has 0 unspecified atom stereocenters. The van der Waals surface area contributed by atoms with Gasteiger partial charge in [-0.25, -0.2) is 24.9 Å². The third-order valence-electron chi connectivity index (χ3n) is 30.1. The SMILES string of the molecule is c1ccc(-c2cccc(-c3nc(-c4ccccc4)nc(-n4c5ccccc5c5cc6c7ccccc7n(-c7ccccc7)c6cc54)n3)c2)cc1.c1ccc(-n2c3ccccc3c3ccc(-c4nc5ccccc5nc4-n4c5ccc6ccccc6c5c5c6ccccc6ccc54)cc32)cc1.c1ccc2cc(-c3nc4ccccc4nc3-n3c4ccc(-n5c6ccccc6c6ccccc65)cc4c4cc5ccccc5cc43)ccc2c1. The van der Waals surface area contributed by atoms with Crippen molar-refractivity contribution in [1.29, 1.82) is 0 Å². The maximum atomic E-state index is 5.45. The minimum Gasteiger partial charge on any atom is -0.309 e. The highest BCUT2D eigenvalue weighted by Crippen LogP contribution is 2.48. The second-order valence-electron chi connectivity index (χ2n) is 38.6. The smallest absolute Gasteiger partial charge is 0.238 e. The summed E-state index contributed by atoms with van der Waals surface area (Å²) in [5, 5.41) is 24.2. The van der Waals surface area contributed by atoms with Crippen LogP contribution in [0.2, 0.25) is 0 Å². The first-order chi connectivity index (χ1) is 74.4. The van der Waals surface area contributed by atoms with Crippen LogP contribution in [0.4, 0.5) is 0 Å². The number of para-hydroxylation sites is 11. The zero-order chi connectivity index (χ0) is 98.5. The standard InChI is InChI=1S/2C46H28N4.C45H29N5/c1-2-12-30-25-33(22-21-29(30)11-1)45-46(48-40-18-8-7-17-39(40)47-45)50-43-24-23-34(28-38(43)37-26-31-13-3-4-14-32(31)27-44(37)50)49-41-19-9-5-15-35(41)36-16-6-10-20-42(36)49;1-2-14-32(15-3-1)49-39-21-11-8-18-35(39)36-25-22-31(28-42(36)49)45-46(48-38-20-10-9-19-37(38)47-45)50-40-26-23-29-12-4-6-16-33(29)43(40)44-34-17-7-5-13-30(34)24-27-41(44)50;1-4-15-30(16-5-1)32-19-14-20-33(27-32)44-46-43(31-17-6-2-7-18-31)47-45(48-44)50-40-26-13-11-24-36(40)38-28-37-35-23-10-12-25-39(35)49(41(37)29-42(38)50)34-21-8-3-9-22-34/h2*1-28H;1-29H. The van der Waals surface area contributed by atoms with Crippen molar-refractivity contribution in [2.45, 2.75) is 0 Å². The van der Waals surface area contributed by atoms with Gasteiger partial charge in [-0.1, -0.05) is 364 Å². The predicted molar refractivity (Wildman–Crippen MR) is 622 cm³/mol. The summed E-state index contributed by atoms with van der Waals surface area (Å²) in [4.78, 5) is 37.1. The summed E-state index contributed by atoms with van der Waals surface area (Å²) in [7, 11) is 0. The molecule has 0 saturated heterocycles. The fourth-order valence-electron chi connectivity index (χ4n) is 23.3. The van der Waals surface area contributed by atoms with Crippen LogP contribution in [0.3, 0.4) is 0 Å². The summed E-state index contributed by atoms with van der Waals surface area (Å²) in [5.41, 5.74) is 28.2. The fraction of sp³-hybridized carbons (Fsp3) is 0. The van der Waals surface area contributed by atoms with Gasteiger partial charge in [0.05, 0.1) is 88.3 Å². The highest BCUT2D eigenvalue weighted by atomic mass is 15.2. The van der Waals surface area contributed by atoms with Crippen LogP contribution in [0, 0.1) is 0 Å². The maximum Gasteiger partial charge on any atom is 0.238 e. The molecule has 0 aliphatic carbocycles. The Morgan fingerprint density at radius 1 is 0.133 bits per heavy atom. The summed E-state index contributed by atoms with van der Waals surface area (Å²) in [6.07, 6.45) is 0. The van der Waals surface area contributed by atoms with E-state index in [1.807, 2.05) is 54.6 Å². The van der Waals surface area contributed by atoms with E-state index < -0.39 is 0 Å². The van der Waals surface area contributed by atoms with Crippen LogP contribution in [0.5, 0.6) is 0 Å². The molecule has 13 nitrogen and oxygen atoms in total. The number of hydrogen-bond donors (Lipinski definition) is 0. The van der Waals surface area contributed by atoms with E-state index in [9.17, 15) is 0 Å². The third kappa shape index (κ3) is 13.9. The summed E-state index contributed by atoms with van der Waals surface area (Å²) < 4.78 is 14.0. The van der Waals surface area contributed by atoms with Crippen LogP contribution in [0.25, 0.3) is 287 Å². The van der Waals surface area contributed by atoms with E-state index in [4.69, 9.17) is 34.9 Å². The van der Waals surface area contributed by atoms with Crippen LogP contribution < -0.4 is 0 Å². The van der Waals surface area contributed by atoms with Gasteiger partial charge in [0.1, 0.15) is 11.4 Å². The molecule has 0 aliphatic heterocycles. The molecule has 0 N–H and O–H groups in total. The molecule has 0 aliphatic rings. The lowest BCUT2D eigenvalue weighted by Gasteiger charge is -2.15. The van der Waals surface area contributed by atoms with E-state index >= 15 is 0 Å². The Labute approximate surface area is 859 Å². The first kappa shape index (κ1) is 85.2. The highest BCUT2D eigenvalue weighted by molar-refractivity contribution is 6.29. The largest absolute Gasteiger partial charge is 0.309 e. The average Bonchev–Trinajstić information content (AvgIpc) is 1.55. The van der Waals surface area contributed by atoms with Gasteiger partial charge in [-0.3, -0.25) is 13.7 Å². The molecule has 13 heteroatoms. The van der Waals surface area contributed by atoms with Gasteiger partial charge in [-0.05, 0) is 206 Å². The van der Waals surface area contributed by atoms with E-state index in [0.717, 1.165) is 150 Å². The van der Waals surface area contributed by atoms with Crippen molar-refractivity contribution in [3.63, 3.8) is 0 Å². The van der Waals surface area contributed by atoms with Gasteiger partial charge in [0, 0.05) is 104 Å². The molecule has 32 aromatic rings. The number of fused-ring (bicyclic) bond motifs is 26. The quantitative estimate of drug-likeness (QED) is 0.126. The van der Waals surface area contributed by atoms with E-state index in [0.29, 0.717) is 17.6 Å². The van der Waals surface area contributed by atoms with Crippen LogP contribution in [-0.2, 0) is 0 Å². The monoisotopic (exact) mass is 1910 g/mol. The zero-order valence-electron chi connectivity index (χ0n) is 80.9. The molecular formula is C137H85N13. The van der Waals surface area contributed by atoms with Gasteiger partial charge in [-0.15, -0.1) is 0 Å². The van der Waals surface area contributed by atoms with E-state index in [1.54, 1.807) is 0 Å². The molecule has 0 fully saturated rings. The molecule has 0 amide bonds. The lowest BCUT2D eigenvalue weighted by Crippen LogP contribution is -2.06. The average molecular weight is 1910 g/mol. The molecule has 0 radical (unpaired) electrons. The Hall–Kier alpha value is -20.4. The van der Waals surface area contributed by atoms with Gasteiger partial charge >= 0.3 is 0 Å². The Bertz CT molecular complexity index is 11000. The van der Waals surface area contributed by atoms with E-state index in [-0.39, 0.29) is 0 Å². The molecule has 32 rings (SSSR count). The number of aromatic nitrogens is 13. The third-order valence-corrected chi connectivity index (χ3v) is 30.1. The Morgan fingerprint density at radius 2 is 0.473 bits per heavy atom. The zero-order valence-corrected chi connectivity index (χ0v) is 80.9. The molecule has 698 valence electrons. The topological polar surface area (TPSA) is 120 Å². The summed E-state index contributed by atoms with van der Waals surface area (Å²) in [6.45, 7) is 0. The van der Waals surface area contributed by atoms with Crippen molar-refractivity contribution in [2.75, 3.05) is 0 Å². The second kappa shape index (κ2) is 34.7. The Kier molecular flexibility index (Phi) is 19.7. The van der Waals surface area contributed by atoms with Crippen molar-refractivity contribution in [3.05, 3.63) is 516 Å². The molecule has 9 aromatic heterocycles. The number of hydrogen-bond acceptors (Lipinski definition) is 7. The normalized spacial score (nSPS) is 11.9. The van der Waals surface area contributed by atoms with Crippen LogP contribution in [0.15, 0.2) is 516 Å². The van der Waals surface area contributed by atoms with Crippen LogP contribution in [0.1, 0.15) is 0 Å². The summed E-state index contributed by atoms with van der Waals surface area (Å²) in [6, 6.07) is 183. The van der Waals surface area contributed by atoms with Crippen molar-refractivity contribution < 1.29 is 0 Å². The van der Waals surface area contributed by atoms with E-state index in [2.05, 4.69) is 488 Å². The molecule has 150 heavy (non-hydrogen) atoms. The minimum atomic E-state index is 0.576. The van der Waals surface area contributed by atoms with Crippen LogP contribution in [-0.4, -0.2) is 62.3 Å². The Balaban J connectivity index is 0.000000103. The molecule has 0 saturated carbocycles. The number of benzene rings is 23. The first-order valence-electron chi connectivity index (χ1n) is 50.8. The van der Waals surface area contributed by atoms with Gasteiger partial charge in [0.25, 0.3) is 0 Å². The number of rotatable bonds is 11. The van der Waals surface area contributed by atoms with Crippen molar-refractivity contribution in [3.8, 4) is 91.1 Å². The maximum absolute atomic E-state index is 5.45. The second-order valence-corrected chi connectivity index (χ2v) is 38.6. The lowest BCUT2D eigenvalue weighted by molar-refractivity contribution is 0.953. The number of nitrogens with zero attached hydrogens (tertiary/aromatic N) is 13. The van der Waals surface area contributed by atoms with E-state index in [1.165, 1.54) is 119 Å². The first-order valence-corrected chi connectivity index (χ1v) is 50.8. The molecule has 0 bridgehead atoms. The summed E-state index contributed by atoms with van der Waals surface area (Å²) >= 11 is 0. The molecule has 0 atom stereocenters. The lowest BCUT2D eigenvalue weighted by atomic mass is 10.00. The van der Waals surface area contributed by atoms with Crippen molar-refractivity contribution in [2.24, 2.45) is 0 Å². The van der Waals surface area contributed by atoms with Gasteiger partial charge in [0.15, 0.2) is 23.3 Å². The fourth-order valence-corrected chi connectivity index (χ4v) is 23.3. The Morgan fingerprint density at radius 3 is 1.01 bits per heavy atom. The molecular weight excluding hydrogens is 1830 g/mol. The highest BCUT2D eigenvalue weighted by Gasteiger charge is 2.29. The molecule has 0 spiro atoms. The molecule has 9 heterocycles. The van der Waals surface area contributed by atoms with Crippen molar-refractivity contribution >= 4 is 196 Å². The summed E-state index contributed by atoms with van der Waals surface area (Å²) in [5.74, 6) is 3.46. The van der Waals surface area contributed by atoms with Gasteiger partial charge < -0.3 is 13.7 Å². The molecule has 23 aromatic carbocycles.